The molecule has 0 aliphatic heterocycles. The lowest BCUT2D eigenvalue weighted by molar-refractivity contribution is 0.297. The van der Waals surface area contributed by atoms with Gasteiger partial charge < -0.3 is 5.73 Å². The van der Waals surface area contributed by atoms with Crippen LogP contribution in [0.25, 0.3) is 0 Å². The van der Waals surface area contributed by atoms with Crippen LogP contribution in [0.3, 0.4) is 0 Å². The topological polar surface area (TPSA) is 26.0 Å². The van der Waals surface area contributed by atoms with Crippen LogP contribution in [0, 0.1) is 0 Å². The van der Waals surface area contributed by atoms with Gasteiger partial charge in [-0.2, -0.15) is 0 Å². The Kier molecular flexibility index (Phi) is 11.1. The molecule has 1 atom stereocenters. The fourth-order valence-corrected chi connectivity index (χ4v) is 4.12. The van der Waals surface area contributed by atoms with Crippen molar-refractivity contribution in [2.75, 3.05) is 0 Å². The van der Waals surface area contributed by atoms with Crippen molar-refractivity contribution >= 4 is 0 Å². The molecule has 24 heavy (non-hydrogen) atoms. The third kappa shape index (κ3) is 6.59. The molecule has 0 spiro atoms. The molecule has 0 bridgehead atoms. The van der Waals surface area contributed by atoms with E-state index in [2.05, 4.69) is 51.1 Å². The van der Waals surface area contributed by atoms with Crippen molar-refractivity contribution in [3.63, 3.8) is 0 Å². The Morgan fingerprint density at radius 1 is 0.750 bits per heavy atom. The number of benzene rings is 1. The van der Waals surface area contributed by atoms with E-state index in [4.69, 9.17) is 5.73 Å². The first-order chi connectivity index (χ1) is 11.7. The SMILES string of the molecule is CCCCCCCCCCCC(N)C(CC)(CC)c1ccccc1. The average molecular weight is 332 g/mol. The minimum Gasteiger partial charge on any atom is -0.327 e. The van der Waals surface area contributed by atoms with Crippen LogP contribution in [0.4, 0.5) is 0 Å². The van der Waals surface area contributed by atoms with Crippen molar-refractivity contribution in [2.45, 2.75) is 109 Å². The maximum absolute atomic E-state index is 6.70. The monoisotopic (exact) mass is 331 g/mol. The number of hydrogen-bond acceptors (Lipinski definition) is 1. The van der Waals surface area contributed by atoms with E-state index in [1.807, 2.05) is 0 Å². The fourth-order valence-electron chi connectivity index (χ4n) is 4.12. The summed E-state index contributed by atoms with van der Waals surface area (Å²) in [4.78, 5) is 0. The summed E-state index contributed by atoms with van der Waals surface area (Å²) in [5, 5.41) is 0. The van der Waals surface area contributed by atoms with Crippen molar-refractivity contribution in [1.29, 1.82) is 0 Å². The zero-order valence-corrected chi connectivity index (χ0v) is 16.5. The zero-order valence-electron chi connectivity index (χ0n) is 16.5. The lowest BCUT2D eigenvalue weighted by Gasteiger charge is -2.38. The van der Waals surface area contributed by atoms with Crippen LogP contribution in [0.5, 0.6) is 0 Å². The Morgan fingerprint density at radius 3 is 1.75 bits per heavy atom. The van der Waals surface area contributed by atoms with Crippen LogP contribution in [-0.4, -0.2) is 6.04 Å². The van der Waals surface area contributed by atoms with Crippen LogP contribution in [0.1, 0.15) is 103 Å². The van der Waals surface area contributed by atoms with Gasteiger partial charge in [0.05, 0.1) is 0 Å². The van der Waals surface area contributed by atoms with E-state index in [9.17, 15) is 0 Å². The van der Waals surface area contributed by atoms with Crippen LogP contribution >= 0.6 is 0 Å². The van der Waals surface area contributed by atoms with E-state index in [1.165, 1.54) is 63.4 Å². The Hall–Kier alpha value is -0.820. The maximum atomic E-state index is 6.70. The molecule has 0 aliphatic rings. The second kappa shape index (κ2) is 12.5. The van der Waals surface area contributed by atoms with Gasteiger partial charge in [0.1, 0.15) is 0 Å². The molecule has 1 unspecified atom stereocenters. The molecule has 1 nitrogen and oxygen atoms in total. The van der Waals surface area contributed by atoms with E-state index < -0.39 is 0 Å². The highest BCUT2D eigenvalue weighted by Gasteiger charge is 2.34. The molecule has 0 saturated heterocycles. The molecule has 1 heteroatoms. The molecular formula is C23H41N. The predicted octanol–water partition coefficient (Wildman–Crippen LogP) is 6.99. The van der Waals surface area contributed by atoms with Gasteiger partial charge in [-0.1, -0.05) is 109 Å². The molecule has 1 aromatic rings. The molecule has 2 N–H and O–H groups in total. The summed E-state index contributed by atoms with van der Waals surface area (Å²) in [6.45, 7) is 6.88. The van der Waals surface area contributed by atoms with Crippen molar-refractivity contribution in [3.8, 4) is 0 Å². The lowest BCUT2D eigenvalue weighted by atomic mass is 9.69. The van der Waals surface area contributed by atoms with Crippen molar-refractivity contribution in [2.24, 2.45) is 5.73 Å². The summed E-state index contributed by atoms with van der Waals surface area (Å²) in [5.74, 6) is 0. The third-order valence-corrected chi connectivity index (χ3v) is 5.94. The number of nitrogens with two attached hydrogens (primary N) is 1. The first-order valence-electron chi connectivity index (χ1n) is 10.5. The van der Waals surface area contributed by atoms with Crippen LogP contribution < -0.4 is 5.73 Å². The van der Waals surface area contributed by atoms with Gasteiger partial charge in [0.2, 0.25) is 0 Å². The molecule has 138 valence electrons. The molecule has 0 saturated carbocycles. The van der Waals surface area contributed by atoms with Crippen molar-refractivity contribution in [1.82, 2.24) is 0 Å². The van der Waals surface area contributed by atoms with Gasteiger partial charge in [-0.25, -0.2) is 0 Å². The Labute approximate surface area is 151 Å². The maximum Gasteiger partial charge on any atom is 0.0136 e. The Bertz CT molecular complexity index is 394. The van der Waals surface area contributed by atoms with Crippen molar-refractivity contribution in [3.05, 3.63) is 35.9 Å². The molecule has 1 rings (SSSR count). The van der Waals surface area contributed by atoms with Gasteiger partial charge in [0.15, 0.2) is 0 Å². The number of unbranched alkanes of at least 4 members (excludes halogenated alkanes) is 8. The van der Waals surface area contributed by atoms with Crippen LogP contribution in [0.15, 0.2) is 30.3 Å². The lowest BCUT2D eigenvalue weighted by Crippen LogP contribution is -2.44. The van der Waals surface area contributed by atoms with Crippen LogP contribution in [-0.2, 0) is 5.41 Å². The van der Waals surface area contributed by atoms with Gasteiger partial charge in [0.25, 0.3) is 0 Å². The molecule has 0 heterocycles. The van der Waals surface area contributed by atoms with E-state index in [-0.39, 0.29) is 11.5 Å². The Balaban J connectivity index is 2.33. The molecule has 0 aromatic heterocycles. The molecule has 0 radical (unpaired) electrons. The molecule has 0 fully saturated rings. The second-order valence-electron chi connectivity index (χ2n) is 7.45. The van der Waals surface area contributed by atoms with E-state index in [1.54, 1.807) is 0 Å². The second-order valence-corrected chi connectivity index (χ2v) is 7.45. The van der Waals surface area contributed by atoms with E-state index in [0.29, 0.717) is 0 Å². The highest BCUT2D eigenvalue weighted by Crippen LogP contribution is 2.36. The highest BCUT2D eigenvalue weighted by atomic mass is 14.7. The molecule has 0 aliphatic carbocycles. The molecular weight excluding hydrogens is 290 g/mol. The predicted molar refractivity (Wildman–Crippen MR) is 109 cm³/mol. The number of rotatable bonds is 14. The van der Waals surface area contributed by atoms with Gasteiger partial charge in [-0.3, -0.25) is 0 Å². The minimum absolute atomic E-state index is 0.154. The average Bonchev–Trinajstić information content (AvgIpc) is 2.63. The standard InChI is InChI=1S/C23H41N/c1-4-7-8-9-10-11-12-13-17-20-22(24)23(5-2,6-3)21-18-15-14-16-19-21/h14-16,18-19,22H,4-13,17,20,24H2,1-3H3. The summed E-state index contributed by atoms with van der Waals surface area (Å²) in [6, 6.07) is 11.2. The van der Waals surface area contributed by atoms with Gasteiger partial charge >= 0.3 is 0 Å². The van der Waals surface area contributed by atoms with Gasteiger partial charge in [-0.15, -0.1) is 0 Å². The summed E-state index contributed by atoms with van der Waals surface area (Å²) in [7, 11) is 0. The van der Waals surface area contributed by atoms with E-state index >= 15 is 0 Å². The third-order valence-electron chi connectivity index (χ3n) is 5.94. The first-order valence-corrected chi connectivity index (χ1v) is 10.5. The summed E-state index contributed by atoms with van der Waals surface area (Å²) < 4.78 is 0. The van der Waals surface area contributed by atoms with Crippen LogP contribution in [0.2, 0.25) is 0 Å². The molecule has 1 aromatic carbocycles. The van der Waals surface area contributed by atoms with E-state index in [0.717, 1.165) is 19.3 Å². The smallest absolute Gasteiger partial charge is 0.0136 e. The van der Waals surface area contributed by atoms with Gasteiger partial charge in [0, 0.05) is 11.5 Å². The normalized spacial score (nSPS) is 13.2. The van der Waals surface area contributed by atoms with Gasteiger partial charge in [-0.05, 0) is 24.8 Å². The summed E-state index contributed by atoms with van der Waals surface area (Å²) >= 11 is 0. The zero-order chi connectivity index (χ0) is 17.7. The number of hydrogen-bond donors (Lipinski definition) is 1. The Morgan fingerprint density at radius 2 is 1.25 bits per heavy atom. The largest absolute Gasteiger partial charge is 0.327 e. The van der Waals surface area contributed by atoms with Crippen molar-refractivity contribution < 1.29 is 0 Å². The minimum atomic E-state index is 0.154. The first kappa shape index (κ1) is 21.2. The highest BCUT2D eigenvalue weighted by molar-refractivity contribution is 5.27. The summed E-state index contributed by atoms with van der Waals surface area (Å²) in [6.07, 6.45) is 15.9. The fraction of sp³-hybridized carbons (Fsp3) is 0.739. The molecule has 0 amide bonds. The quantitative estimate of drug-likeness (QED) is 0.365. The summed E-state index contributed by atoms with van der Waals surface area (Å²) in [5.41, 5.74) is 8.29.